The van der Waals surface area contributed by atoms with Gasteiger partial charge in [-0.1, -0.05) is 35.5 Å². The standard InChI is InChI=1S/C18H19N5O2/c24-17(12-14-4-2-1-3-5-14)13-19-18(25)21-15-6-8-16(9-7-15)23-11-10-20-22-23/h1-11,17,24H,12-13H2,(H2,19,21,25). The Balaban J connectivity index is 1.46. The van der Waals surface area contributed by atoms with Crippen molar-refractivity contribution in [1.29, 1.82) is 0 Å². The van der Waals surface area contributed by atoms with Gasteiger partial charge >= 0.3 is 6.03 Å². The van der Waals surface area contributed by atoms with Crippen LogP contribution in [-0.2, 0) is 6.42 Å². The summed E-state index contributed by atoms with van der Waals surface area (Å²) >= 11 is 0. The smallest absolute Gasteiger partial charge is 0.319 e. The fraction of sp³-hybridized carbons (Fsp3) is 0.167. The zero-order chi connectivity index (χ0) is 17.5. The highest BCUT2D eigenvalue weighted by Crippen LogP contribution is 2.12. The number of hydrogen-bond donors (Lipinski definition) is 3. The Bertz CT molecular complexity index is 788. The van der Waals surface area contributed by atoms with Crippen LogP contribution in [0.25, 0.3) is 5.69 Å². The fourth-order valence-electron chi connectivity index (χ4n) is 2.39. The largest absolute Gasteiger partial charge is 0.391 e. The zero-order valence-electron chi connectivity index (χ0n) is 13.5. The van der Waals surface area contributed by atoms with Crippen molar-refractivity contribution in [2.45, 2.75) is 12.5 Å². The Morgan fingerprint density at radius 3 is 2.56 bits per heavy atom. The predicted molar refractivity (Wildman–Crippen MR) is 94.5 cm³/mol. The second kappa shape index (κ2) is 8.07. The van der Waals surface area contributed by atoms with E-state index in [1.165, 1.54) is 0 Å². The van der Waals surface area contributed by atoms with Gasteiger partial charge in [-0.2, -0.15) is 0 Å². The minimum Gasteiger partial charge on any atom is -0.391 e. The molecule has 25 heavy (non-hydrogen) atoms. The van der Waals surface area contributed by atoms with Crippen molar-refractivity contribution in [3.63, 3.8) is 0 Å². The lowest BCUT2D eigenvalue weighted by atomic mass is 10.1. The number of hydrogen-bond acceptors (Lipinski definition) is 4. The number of aromatic nitrogens is 3. The van der Waals surface area contributed by atoms with Crippen molar-refractivity contribution < 1.29 is 9.90 Å². The number of rotatable bonds is 6. The summed E-state index contributed by atoms with van der Waals surface area (Å²) in [4.78, 5) is 11.9. The second-order valence-corrected chi connectivity index (χ2v) is 5.57. The molecule has 0 bridgehead atoms. The molecule has 0 saturated carbocycles. The molecule has 1 aromatic heterocycles. The van der Waals surface area contributed by atoms with Crippen LogP contribution < -0.4 is 10.6 Å². The number of carbonyl (C=O) groups is 1. The molecule has 3 rings (SSSR count). The molecule has 3 N–H and O–H groups in total. The number of urea groups is 1. The third-order valence-electron chi connectivity index (χ3n) is 3.62. The maximum absolute atomic E-state index is 11.9. The van der Waals surface area contributed by atoms with Crippen molar-refractivity contribution in [2.75, 3.05) is 11.9 Å². The lowest BCUT2D eigenvalue weighted by molar-refractivity contribution is 0.172. The van der Waals surface area contributed by atoms with Crippen molar-refractivity contribution in [3.8, 4) is 5.69 Å². The summed E-state index contributed by atoms with van der Waals surface area (Å²) in [5.74, 6) is 0. The molecule has 1 atom stereocenters. The molecular formula is C18H19N5O2. The third kappa shape index (κ3) is 4.89. The van der Waals surface area contributed by atoms with Crippen molar-refractivity contribution >= 4 is 11.7 Å². The number of nitrogens with zero attached hydrogens (tertiary/aromatic N) is 3. The molecule has 0 saturated heterocycles. The molecule has 3 aromatic rings. The lowest BCUT2D eigenvalue weighted by Gasteiger charge is -2.13. The molecule has 0 aliphatic carbocycles. The predicted octanol–water partition coefficient (Wildman–Crippen LogP) is 1.99. The summed E-state index contributed by atoms with van der Waals surface area (Å²) < 4.78 is 1.63. The minimum absolute atomic E-state index is 0.178. The van der Waals surface area contributed by atoms with Gasteiger partial charge in [-0.25, -0.2) is 9.48 Å². The van der Waals surface area contributed by atoms with Crippen LogP contribution in [0.2, 0.25) is 0 Å². The van der Waals surface area contributed by atoms with Gasteiger partial charge in [0, 0.05) is 18.7 Å². The summed E-state index contributed by atoms with van der Waals surface area (Å²) in [5, 5.41) is 23.0. The van der Waals surface area contributed by atoms with E-state index >= 15 is 0 Å². The Hall–Kier alpha value is -3.19. The highest BCUT2D eigenvalue weighted by Gasteiger charge is 2.08. The quantitative estimate of drug-likeness (QED) is 0.641. The fourth-order valence-corrected chi connectivity index (χ4v) is 2.39. The van der Waals surface area contributed by atoms with Crippen LogP contribution >= 0.6 is 0 Å². The molecule has 0 radical (unpaired) electrons. The van der Waals surface area contributed by atoms with E-state index in [0.717, 1.165) is 11.3 Å². The molecule has 2 amide bonds. The first-order valence-electron chi connectivity index (χ1n) is 7.94. The number of anilines is 1. The first-order chi connectivity index (χ1) is 12.2. The Morgan fingerprint density at radius 1 is 1.12 bits per heavy atom. The van der Waals surface area contributed by atoms with Gasteiger partial charge in [0.1, 0.15) is 0 Å². The number of aliphatic hydroxyl groups excluding tert-OH is 1. The molecular weight excluding hydrogens is 318 g/mol. The lowest BCUT2D eigenvalue weighted by Crippen LogP contribution is -2.36. The molecule has 0 fully saturated rings. The van der Waals surface area contributed by atoms with Crippen LogP contribution in [-0.4, -0.2) is 38.8 Å². The van der Waals surface area contributed by atoms with Crippen molar-refractivity contribution in [3.05, 3.63) is 72.6 Å². The summed E-state index contributed by atoms with van der Waals surface area (Å²) in [6.45, 7) is 0.178. The Morgan fingerprint density at radius 2 is 1.88 bits per heavy atom. The van der Waals surface area contributed by atoms with Gasteiger partial charge < -0.3 is 15.7 Å². The van der Waals surface area contributed by atoms with E-state index in [0.29, 0.717) is 12.1 Å². The van der Waals surface area contributed by atoms with E-state index in [9.17, 15) is 9.90 Å². The van der Waals surface area contributed by atoms with E-state index in [-0.39, 0.29) is 12.6 Å². The number of aliphatic hydroxyl groups is 1. The molecule has 2 aromatic carbocycles. The molecule has 1 unspecified atom stereocenters. The normalized spacial score (nSPS) is 11.7. The summed E-state index contributed by atoms with van der Waals surface area (Å²) in [7, 11) is 0. The van der Waals surface area contributed by atoms with Crippen LogP contribution in [0.15, 0.2) is 67.0 Å². The van der Waals surface area contributed by atoms with E-state index in [2.05, 4.69) is 20.9 Å². The number of carbonyl (C=O) groups excluding carboxylic acids is 1. The van der Waals surface area contributed by atoms with Crippen molar-refractivity contribution in [1.82, 2.24) is 20.3 Å². The van der Waals surface area contributed by atoms with Gasteiger partial charge in [0.2, 0.25) is 0 Å². The molecule has 7 nitrogen and oxygen atoms in total. The van der Waals surface area contributed by atoms with E-state index < -0.39 is 6.10 Å². The highest BCUT2D eigenvalue weighted by molar-refractivity contribution is 5.89. The summed E-state index contributed by atoms with van der Waals surface area (Å²) in [6.07, 6.45) is 3.19. The third-order valence-corrected chi connectivity index (χ3v) is 3.62. The van der Waals surface area contributed by atoms with Crippen LogP contribution in [0, 0.1) is 0 Å². The average molecular weight is 337 g/mol. The number of amides is 2. The van der Waals surface area contributed by atoms with E-state index in [4.69, 9.17) is 0 Å². The first kappa shape index (κ1) is 16.7. The van der Waals surface area contributed by atoms with Crippen LogP contribution in [0.1, 0.15) is 5.56 Å². The van der Waals surface area contributed by atoms with E-state index in [1.54, 1.807) is 29.2 Å². The van der Waals surface area contributed by atoms with Crippen LogP contribution in [0.4, 0.5) is 10.5 Å². The molecule has 0 aliphatic heterocycles. The average Bonchev–Trinajstić information content (AvgIpc) is 3.16. The maximum Gasteiger partial charge on any atom is 0.319 e. The van der Waals surface area contributed by atoms with Gasteiger partial charge in [0.15, 0.2) is 0 Å². The zero-order valence-corrected chi connectivity index (χ0v) is 13.5. The van der Waals surface area contributed by atoms with Gasteiger partial charge in [-0.3, -0.25) is 0 Å². The molecule has 7 heteroatoms. The van der Waals surface area contributed by atoms with E-state index in [1.807, 2.05) is 42.5 Å². The topological polar surface area (TPSA) is 92.1 Å². The summed E-state index contributed by atoms with van der Waals surface area (Å²) in [5.41, 5.74) is 2.53. The number of nitrogens with one attached hydrogen (secondary N) is 2. The van der Waals surface area contributed by atoms with Crippen LogP contribution in [0.3, 0.4) is 0 Å². The minimum atomic E-state index is -0.636. The highest BCUT2D eigenvalue weighted by atomic mass is 16.3. The second-order valence-electron chi connectivity index (χ2n) is 5.57. The van der Waals surface area contributed by atoms with Gasteiger partial charge in [0.25, 0.3) is 0 Å². The summed E-state index contributed by atoms with van der Waals surface area (Å²) in [6, 6.07) is 16.5. The monoisotopic (exact) mass is 337 g/mol. The van der Waals surface area contributed by atoms with Gasteiger partial charge in [-0.05, 0) is 29.8 Å². The van der Waals surface area contributed by atoms with Gasteiger partial charge in [0.05, 0.1) is 24.2 Å². The Labute approximate surface area is 145 Å². The van der Waals surface area contributed by atoms with Gasteiger partial charge in [-0.15, -0.1) is 5.10 Å². The molecule has 0 aliphatic rings. The first-order valence-corrected chi connectivity index (χ1v) is 7.94. The molecule has 0 spiro atoms. The maximum atomic E-state index is 11.9. The number of benzene rings is 2. The van der Waals surface area contributed by atoms with Crippen LogP contribution in [0.5, 0.6) is 0 Å². The molecule has 128 valence electrons. The SMILES string of the molecule is O=C(NCC(O)Cc1ccccc1)Nc1ccc(-n2ccnn2)cc1. The Kier molecular flexibility index (Phi) is 5.38. The molecule has 1 heterocycles. The van der Waals surface area contributed by atoms with Crippen molar-refractivity contribution in [2.24, 2.45) is 0 Å².